The Bertz CT molecular complexity index is 1010. The lowest BCUT2D eigenvalue weighted by atomic mass is 9.86. The Morgan fingerprint density at radius 1 is 1.06 bits per heavy atom. The first-order valence-corrected chi connectivity index (χ1v) is 13.8. The molecule has 2 aromatic rings. The smallest absolute Gasteiger partial charge is 0.267 e. The highest BCUT2D eigenvalue weighted by Gasteiger charge is 2.40. The van der Waals surface area contributed by atoms with Crippen LogP contribution in [-0.4, -0.2) is 82.8 Å². The van der Waals surface area contributed by atoms with Gasteiger partial charge >= 0.3 is 0 Å². The monoisotopic (exact) mass is 480 g/mol. The average Bonchev–Trinajstić information content (AvgIpc) is 3.37. The summed E-state index contributed by atoms with van der Waals surface area (Å²) in [5.41, 5.74) is 1.57. The highest BCUT2D eigenvalue weighted by atomic mass is 16.5. The summed E-state index contributed by atoms with van der Waals surface area (Å²) in [5, 5.41) is 14.3. The lowest BCUT2D eigenvalue weighted by Gasteiger charge is -2.39. The number of nitrogens with zero attached hydrogens (tertiary/aromatic N) is 2. The van der Waals surface area contributed by atoms with E-state index in [1.165, 1.54) is 32.1 Å². The van der Waals surface area contributed by atoms with E-state index in [0.717, 1.165) is 75.1 Å². The molecule has 4 fully saturated rings. The molecule has 0 spiro atoms. The molecular weight excluding hydrogens is 440 g/mol. The van der Waals surface area contributed by atoms with Crippen molar-refractivity contribution >= 4 is 16.8 Å². The molecule has 7 nitrogen and oxygen atoms in total. The summed E-state index contributed by atoms with van der Waals surface area (Å²) in [6.45, 7) is 5.03. The fraction of sp³-hybridized carbons (Fsp3) is 0.679. The van der Waals surface area contributed by atoms with Crippen molar-refractivity contribution in [1.29, 1.82) is 0 Å². The Balaban J connectivity index is 0.982. The summed E-state index contributed by atoms with van der Waals surface area (Å²) in [6.07, 6.45) is 10.1. The Morgan fingerprint density at radius 2 is 1.83 bits per heavy atom. The highest BCUT2D eigenvalue weighted by Crippen LogP contribution is 2.35. The number of ether oxygens (including phenoxy) is 1. The molecule has 2 atom stereocenters. The number of carbonyl (C=O) groups excluding carboxylic acids is 1. The number of nitrogens with one attached hydrogen (secondary N) is 2. The number of fused-ring (bicyclic) bond motifs is 3. The molecule has 3 aliphatic heterocycles. The lowest BCUT2D eigenvalue weighted by Crippen LogP contribution is -2.50. The second-order valence-corrected chi connectivity index (χ2v) is 11.3. The van der Waals surface area contributed by atoms with Gasteiger partial charge in [-0.3, -0.25) is 9.69 Å². The Kier molecular flexibility index (Phi) is 6.74. The maximum absolute atomic E-state index is 13.0. The van der Waals surface area contributed by atoms with Crippen LogP contribution in [0.2, 0.25) is 0 Å². The number of rotatable bonds is 8. The number of aliphatic hydroxyl groups is 1. The first-order valence-electron chi connectivity index (χ1n) is 13.8. The molecule has 0 radical (unpaired) electrons. The van der Waals surface area contributed by atoms with Gasteiger partial charge in [0.25, 0.3) is 5.91 Å². The number of H-pyrrole nitrogens is 1. The van der Waals surface area contributed by atoms with Crippen molar-refractivity contribution in [2.45, 2.75) is 82.0 Å². The number of hydrogen-bond acceptors (Lipinski definition) is 5. The van der Waals surface area contributed by atoms with Gasteiger partial charge in [0.15, 0.2) is 0 Å². The molecule has 1 saturated carbocycles. The van der Waals surface area contributed by atoms with Crippen molar-refractivity contribution in [3.05, 3.63) is 30.0 Å². The number of amides is 1. The van der Waals surface area contributed by atoms with Gasteiger partial charge in [0, 0.05) is 55.2 Å². The minimum atomic E-state index is -0.0909. The predicted octanol–water partition coefficient (Wildman–Crippen LogP) is 3.53. The van der Waals surface area contributed by atoms with Crippen molar-refractivity contribution in [2.24, 2.45) is 5.92 Å². The highest BCUT2D eigenvalue weighted by molar-refractivity contribution is 5.99. The Hall–Kier alpha value is -2.09. The van der Waals surface area contributed by atoms with Gasteiger partial charge in [-0.2, -0.15) is 0 Å². The average molecular weight is 481 g/mol. The SMILES string of the molecule is O=C(NC1CCN(CCN2C3CCC2CC(O)C3)CC1)c1cc2c(OCC3CCC3)cccc2[nH]1. The van der Waals surface area contributed by atoms with Crippen LogP contribution in [0.4, 0.5) is 0 Å². The van der Waals surface area contributed by atoms with Gasteiger partial charge in [-0.05, 0) is 75.5 Å². The number of aromatic amines is 1. The topological polar surface area (TPSA) is 80.8 Å². The maximum atomic E-state index is 13.0. The van der Waals surface area contributed by atoms with E-state index < -0.39 is 0 Å². The van der Waals surface area contributed by atoms with Crippen LogP contribution >= 0.6 is 0 Å². The normalized spacial score (nSPS) is 28.3. The zero-order valence-corrected chi connectivity index (χ0v) is 20.8. The molecule has 1 aromatic heterocycles. The third-order valence-electron chi connectivity index (χ3n) is 9.02. The van der Waals surface area contributed by atoms with Gasteiger partial charge in [-0.25, -0.2) is 0 Å². The molecule has 35 heavy (non-hydrogen) atoms. The summed E-state index contributed by atoms with van der Waals surface area (Å²) in [5.74, 6) is 1.53. The molecular formula is C28H40N4O3. The fourth-order valence-electron chi connectivity index (χ4n) is 6.67. The molecule has 2 bridgehead atoms. The van der Waals surface area contributed by atoms with Crippen LogP contribution in [0.3, 0.4) is 0 Å². The van der Waals surface area contributed by atoms with E-state index in [1.807, 2.05) is 24.3 Å². The molecule has 4 heterocycles. The zero-order valence-electron chi connectivity index (χ0n) is 20.8. The first-order chi connectivity index (χ1) is 17.1. The van der Waals surface area contributed by atoms with Gasteiger partial charge < -0.3 is 25.0 Å². The van der Waals surface area contributed by atoms with Gasteiger partial charge in [0.05, 0.1) is 12.7 Å². The minimum Gasteiger partial charge on any atom is -0.493 e. The molecule has 3 saturated heterocycles. The minimum absolute atomic E-state index is 0.0203. The van der Waals surface area contributed by atoms with Gasteiger partial charge in [-0.1, -0.05) is 12.5 Å². The molecule has 1 aliphatic carbocycles. The summed E-state index contributed by atoms with van der Waals surface area (Å²) in [4.78, 5) is 21.5. The van der Waals surface area contributed by atoms with Crippen LogP contribution in [0.15, 0.2) is 24.3 Å². The largest absolute Gasteiger partial charge is 0.493 e. The summed E-state index contributed by atoms with van der Waals surface area (Å²) in [6, 6.07) is 9.34. The van der Waals surface area contributed by atoms with E-state index in [4.69, 9.17) is 4.74 Å². The maximum Gasteiger partial charge on any atom is 0.267 e. The van der Waals surface area contributed by atoms with Gasteiger partial charge in [0.2, 0.25) is 0 Å². The third-order valence-corrected chi connectivity index (χ3v) is 9.02. The number of likely N-dealkylation sites (tertiary alicyclic amines) is 1. The first kappa shape index (κ1) is 23.3. The van der Waals surface area contributed by atoms with Crippen molar-refractivity contribution in [3.63, 3.8) is 0 Å². The second-order valence-electron chi connectivity index (χ2n) is 11.3. The van der Waals surface area contributed by atoms with E-state index in [2.05, 4.69) is 20.1 Å². The van der Waals surface area contributed by atoms with E-state index in [1.54, 1.807) is 0 Å². The number of piperidine rings is 2. The van der Waals surface area contributed by atoms with Crippen LogP contribution < -0.4 is 10.1 Å². The summed E-state index contributed by atoms with van der Waals surface area (Å²) in [7, 11) is 0. The molecule has 7 heteroatoms. The lowest BCUT2D eigenvalue weighted by molar-refractivity contribution is 0.0284. The van der Waals surface area contributed by atoms with Crippen LogP contribution in [0.1, 0.15) is 68.3 Å². The van der Waals surface area contributed by atoms with Crippen molar-refractivity contribution < 1.29 is 14.6 Å². The predicted molar refractivity (Wildman–Crippen MR) is 137 cm³/mol. The Morgan fingerprint density at radius 3 is 2.54 bits per heavy atom. The number of benzene rings is 1. The fourth-order valence-corrected chi connectivity index (χ4v) is 6.67. The van der Waals surface area contributed by atoms with E-state index in [0.29, 0.717) is 23.7 Å². The number of aromatic nitrogens is 1. The molecule has 190 valence electrons. The van der Waals surface area contributed by atoms with E-state index >= 15 is 0 Å². The second kappa shape index (κ2) is 10.1. The van der Waals surface area contributed by atoms with Crippen molar-refractivity contribution in [2.75, 3.05) is 32.8 Å². The van der Waals surface area contributed by atoms with E-state index in [9.17, 15) is 9.90 Å². The Labute approximate surface area is 208 Å². The van der Waals surface area contributed by atoms with Crippen molar-refractivity contribution in [3.8, 4) is 5.75 Å². The zero-order chi connectivity index (χ0) is 23.8. The summed E-state index contributed by atoms with van der Waals surface area (Å²) < 4.78 is 6.09. The van der Waals surface area contributed by atoms with Crippen molar-refractivity contribution in [1.82, 2.24) is 20.1 Å². The third kappa shape index (κ3) is 5.09. The molecule has 6 rings (SSSR count). The molecule has 4 aliphatic rings. The molecule has 1 amide bonds. The van der Waals surface area contributed by atoms with Gasteiger partial charge in [-0.15, -0.1) is 0 Å². The number of aliphatic hydroxyl groups excluding tert-OH is 1. The number of hydrogen-bond donors (Lipinski definition) is 3. The van der Waals surface area contributed by atoms with Crippen LogP contribution in [-0.2, 0) is 0 Å². The molecule has 3 N–H and O–H groups in total. The quantitative estimate of drug-likeness (QED) is 0.539. The molecule has 2 unspecified atom stereocenters. The molecule has 1 aromatic carbocycles. The van der Waals surface area contributed by atoms with Gasteiger partial charge in [0.1, 0.15) is 11.4 Å². The van der Waals surface area contributed by atoms with E-state index in [-0.39, 0.29) is 18.1 Å². The van der Waals surface area contributed by atoms with Crippen LogP contribution in [0.25, 0.3) is 10.9 Å². The number of carbonyl (C=O) groups is 1. The summed E-state index contributed by atoms with van der Waals surface area (Å²) >= 11 is 0. The van der Waals surface area contributed by atoms with Crippen LogP contribution in [0, 0.1) is 5.92 Å². The van der Waals surface area contributed by atoms with Crippen LogP contribution in [0.5, 0.6) is 5.75 Å². The standard InChI is InChI=1S/C28H40N4O3/c33-23-15-21-7-8-22(16-23)32(21)14-13-31-11-9-20(10-12-31)29-28(34)26-17-24-25(30-26)5-2-6-27(24)35-18-19-3-1-4-19/h2,5-6,17,19-23,30,33H,1,3-4,7-16,18H2,(H,29,34).